The highest BCUT2D eigenvalue weighted by Gasteiger charge is 2.28. The van der Waals surface area contributed by atoms with Crippen LogP contribution in [0.4, 0.5) is 5.69 Å². The highest BCUT2D eigenvalue weighted by Crippen LogP contribution is 2.31. The predicted octanol–water partition coefficient (Wildman–Crippen LogP) is 3.20. The van der Waals surface area contributed by atoms with Gasteiger partial charge in [-0.2, -0.15) is 0 Å². The Balaban J connectivity index is 1.80. The minimum absolute atomic E-state index is 0.105. The van der Waals surface area contributed by atoms with Crippen molar-refractivity contribution in [3.63, 3.8) is 0 Å². The number of sulfonamides is 1. The van der Waals surface area contributed by atoms with Crippen LogP contribution in [0.3, 0.4) is 0 Å². The molecule has 3 rings (SSSR count). The maximum Gasteiger partial charge on any atom is 0.251 e. The number of hydrogen-bond acceptors (Lipinski definition) is 3. The van der Waals surface area contributed by atoms with E-state index in [0.29, 0.717) is 35.8 Å². The number of halogens is 1. The van der Waals surface area contributed by atoms with Crippen molar-refractivity contribution in [1.29, 1.82) is 0 Å². The second-order valence-electron chi connectivity index (χ2n) is 5.93. The Labute approximate surface area is 152 Å². The molecule has 1 saturated heterocycles. The molecule has 0 aromatic heterocycles. The quantitative estimate of drug-likeness (QED) is 0.888. The lowest BCUT2D eigenvalue weighted by Crippen LogP contribution is -2.38. The number of nitrogens with one attached hydrogen (secondary N) is 1. The summed E-state index contributed by atoms with van der Waals surface area (Å²) in [4.78, 5) is 12.4. The van der Waals surface area contributed by atoms with Gasteiger partial charge < -0.3 is 5.32 Å². The van der Waals surface area contributed by atoms with Gasteiger partial charge in [-0.05, 0) is 36.6 Å². The van der Waals surface area contributed by atoms with Crippen molar-refractivity contribution in [2.24, 2.45) is 0 Å². The smallest absolute Gasteiger partial charge is 0.251 e. The normalized spacial score (nSPS) is 16.4. The summed E-state index contributed by atoms with van der Waals surface area (Å²) in [5.74, 6) is -0.163. The van der Waals surface area contributed by atoms with Crippen molar-refractivity contribution < 1.29 is 13.2 Å². The first kappa shape index (κ1) is 17.8. The average Bonchev–Trinajstić information content (AvgIpc) is 2.61. The molecule has 5 nitrogen and oxygen atoms in total. The molecule has 1 fully saturated rings. The molecular formula is C18H19ClN2O3S. The van der Waals surface area contributed by atoms with Crippen molar-refractivity contribution in [3.05, 3.63) is 64.7 Å². The minimum atomic E-state index is -3.38. The Kier molecular flexibility index (Phi) is 5.30. The van der Waals surface area contributed by atoms with Gasteiger partial charge in [0.05, 0.1) is 16.5 Å². The molecule has 0 spiro atoms. The summed E-state index contributed by atoms with van der Waals surface area (Å²) in [6, 6.07) is 14.3. The standard InChI is InChI=1S/C18H19ClN2O3S/c19-16-9-8-15(18(22)20-13-14-6-2-1-3-7-14)12-17(16)21-10-4-5-11-25(21,23)24/h1-3,6-9,12H,4-5,10-11,13H2,(H,20,22). The predicted molar refractivity (Wildman–Crippen MR) is 99.4 cm³/mol. The summed E-state index contributed by atoms with van der Waals surface area (Å²) in [5, 5.41) is 3.16. The van der Waals surface area contributed by atoms with Gasteiger partial charge in [0.1, 0.15) is 0 Å². The zero-order valence-electron chi connectivity index (χ0n) is 13.6. The van der Waals surface area contributed by atoms with E-state index in [9.17, 15) is 13.2 Å². The Hall–Kier alpha value is -2.05. The van der Waals surface area contributed by atoms with Crippen LogP contribution in [0.25, 0.3) is 0 Å². The molecule has 132 valence electrons. The van der Waals surface area contributed by atoms with E-state index < -0.39 is 10.0 Å². The number of hydrogen-bond donors (Lipinski definition) is 1. The highest BCUT2D eigenvalue weighted by atomic mass is 35.5. The van der Waals surface area contributed by atoms with Gasteiger partial charge in [0.2, 0.25) is 10.0 Å². The molecule has 2 aromatic carbocycles. The number of benzene rings is 2. The number of nitrogens with zero attached hydrogens (tertiary/aromatic N) is 1. The van der Waals surface area contributed by atoms with E-state index in [1.807, 2.05) is 30.3 Å². The van der Waals surface area contributed by atoms with Gasteiger partial charge in [0.15, 0.2) is 0 Å². The topological polar surface area (TPSA) is 66.5 Å². The minimum Gasteiger partial charge on any atom is -0.348 e. The van der Waals surface area contributed by atoms with Crippen LogP contribution in [0.15, 0.2) is 48.5 Å². The van der Waals surface area contributed by atoms with Crippen LogP contribution < -0.4 is 9.62 Å². The fraction of sp³-hybridized carbons (Fsp3) is 0.278. The van der Waals surface area contributed by atoms with Crippen LogP contribution in [0.2, 0.25) is 5.02 Å². The van der Waals surface area contributed by atoms with Crippen LogP contribution >= 0.6 is 11.6 Å². The van der Waals surface area contributed by atoms with Crippen LogP contribution in [-0.4, -0.2) is 26.6 Å². The van der Waals surface area contributed by atoms with Crippen LogP contribution in [-0.2, 0) is 16.6 Å². The van der Waals surface area contributed by atoms with E-state index in [2.05, 4.69) is 5.32 Å². The first-order valence-corrected chi connectivity index (χ1v) is 10.1. The van der Waals surface area contributed by atoms with Gasteiger partial charge in [0.25, 0.3) is 5.91 Å². The first-order valence-electron chi connectivity index (χ1n) is 8.09. The molecule has 25 heavy (non-hydrogen) atoms. The van der Waals surface area contributed by atoms with Gasteiger partial charge >= 0.3 is 0 Å². The third kappa shape index (κ3) is 4.14. The van der Waals surface area contributed by atoms with Crippen molar-refractivity contribution in [2.75, 3.05) is 16.6 Å². The summed E-state index contributed by atoms with van der Waals surface area (Å²) >= 11 is 6.20. The first-order chi connectivity index (χ1) is 12.0. The van der Waals surface area contributed by atoms with Gasteiger partial charge in [-0.25, -0.2) is 8.42 Å². The number of rotatable bonds is 4. The fourth-order valence-corrected chi connectivity index (χ4v) is 4.70. The molecule has 2 aromatic rings. The highest BCUT2D eigenvalue weighted by molar-refractivity contribution is 7.92. The van der Waals surface area contributed by atoms with E-state index >= 15 is 0 Å². The maximum absolute atomic E-state index is 12.4. The number of anilines is 1. The Morgan fingerprint density at radius 3 is 2.60 bits per heavy atom. The number of amides is 1. The van der Waals surface area contributed by atoms with E-state index in [4.69, 9.17) is 11.6 Å². The molecule has 0 radical (unpaired) electrons. The molecule has 0 atom stereocenters. The van der Waals surface area contributed by atoms with Gasteiger partial charge in [-0.3, -0.25) is 9.10 Å². The lowest BCUT2D eigenvalue weighted by Gasteiger charge is -2.29. The molecule has 1 aliphatic heterocycles. The summed E-state index contributed by atoms with van der Waals surface area (Å²) in [6.07, 6.45) is 1.42. The van der Waals surface area contributed by atoms with Crippen LogP contribution in [0.1, 0.15) is 28.8 Å². The van der Waals surface area contributed by atoms with Crippen molar-refractivity contribution in [1.82, 2.24) is 5.32 Å². The Morgan fingerprint density at radius 1 is 1.12 bits per heavy atom. The lowest BCUT2D eigenvalue weighted by molar-refractivity contribution is 0.0951. The maximum atomic E-state index is 12.4. The molecular weight excluding hydrogens is 360 g/mol. The summed E-state index contributed by atoms with van der Waals surface area (Å²) < 4.78 is 25.9. The van der Waals surface area contributed by atoms with E-state index in [1.54, 1.807) is 18.2 Å². The second kappa shape index (κ2) is 7.45. The molecule has 1 N–H and O–H groups in total. The molecule has 0 unspecified atom stereocenters. The van der Waals surface area contributed by atoms with E-state index in [1.165, 1.54) is 4.31 Å². The molecule has 0 aliphatic carbocycles. The monoisotopic (exact) mass is 378 g/mol. The van der Waals surface area contributed by atoms with Crippen molar-refractivity contribution >= 4 is 33.2 Å². The SMILES string of the molecule is O=C(NCc1ccccc1)c1ccc(Cl)c(N2CCCCS2(=O)=O)c1. The molecule has 0 saturated carbocycles. The molecule has 1 aliphatic rings. The van der Waals surface area contributed by atoms with Crippen molar-refractivity contribution in [2.45, 2.75) is 19.4 Å². The van der Waals surface area contributed by atoms with Crippen LogP contribution in [0, 0.1) is 0 Å². The van der Waals surface area contributed by atoms with Gasteiger partial charge in [-0.1, -0.05) is 41.9 Å². The zero-order valence-corrected chi connectivity index (χ0v) is 15.2. The molecule has 1 heterocycles. The van der Waals surface area contributed by atoms with Gasteiger partial charge in [0, 0.05) is 18.7 Å². The Bertz CT molecular complexity index is 869. The fourth-order valence-electron chi connectivity index (χ4n) is 2.78. The van der Waals surface area contributed by atoms with E-state index in [0.717, 1.165) is 12.0 Å². The van der Waals surface area contributed by atoms with Gasteiger partial charge in [-0.15, -0.1) is 0 Å². The summed E-state index contributed by atoms with van der Waals surface area (Å²) in [7, 11) is -3.38. The lowest BCUT2D eigenvalue weighted by atomic mass is 10.1. The third-order valence-electron chi connectivity index (χ3n) is 4.12. The zero-order chi connectivity index (χ0) is 17.9. The summed E-state index contributed by atoms with van der Waals surface area (Å²) in [5.41, 5.74) is 1.74. The molecule has 7 heteroatoms. The van der Waals surface area contributed by atoms with Crippen LogP contribution in [0.5, 0.6) is 0 Å². The Morgan fingerprint density at radius 2 is 1.88 bits per heavy atom. The molecule has 0 bridgehead atoms. The average molecular weight is 379 g/mol. The largest absolute Gasteiger partial charge is 0.348 e. The summed E-state index contributed by atoms with van der Waals surface area (Å²) in [6.45, 7) is 0.788. The number of carbonyl (C=O) groups is 1. The van der Waals surface area contributed by atoms with E-state index in [-0.39, 0.29) is 11.7 Å². The molecule has 1 amide bonds. The number of carbonyl (C=O) groups excluding carboxylic acids is 1. The van der Waals surface area contributed by atoms with Crippen molar-refractivity contribution in [3.8, 4) is 0 Å². The second-order valence-corrected chi connectivity index (χ2v) is 8.35. The third-order valence-corrected chi connectivity index (χ3v) is 6.30.